The van der Waals surface area contributed by atoms with Gasteiger partial charge in [0.1, 0.15) is 0 Å². The molecule has 0 saturated heterocycles. The van der Waals surface area contributed by atoms with Crippen molar-refractivity contribution >= 4 is 21.6 Å². The van der Waals surface area contributed by atoms with Gasteiger partial charge >= 0.3 is 0 Å². The monoisotopic (exact) mass is 300 g/mol. The van der Waals surface area contributed by atoms with Crippen LogP contribution in [0.1, 0.15) is 12.0 Å². The summed E-state index contributed by atoms with van der Waals surface area (Å²) in [5.74, 6) is 0. The number of hydrogen-bond donors (Lipinski definition) is 1. The summed E-state index contributed by atoms with van der Waals surface area (Å²) in [6, 6.07) is 5.98. The average molecular weight is 301 g/mol. The van der Waals surface area contributed by atoms with Gasteiger partial charge in [0, 0.05) is 29.3 Å². The van der Waals surface area contributed by atoms with E-state index in [2.05, 4.69) is 52.9 Å². The van der Waals surface area contributed by atoms with Crippen LogP contribution in [-0.2, 0) is 6.61 Å². The van der Waals surface area contributed by atoms with Gasteiger partial charge in [-0.1, -0.05) is 22.0 Å². The van der Waals surface area contributed by atoms with Crippen molar-refractivity contribution in [1.82, 2.24) is 4.90 Å². The van der Waals surface area contributed by atoms with E-state index in [0.29, 0.717) is 0 Å². The quantitative estimate of drug-likeness (QED) is 0.873. The lowest BCUT2D eigenvalue weighted by atomic mass is 10.1. The SMILES string of the molecule is CN(C)CCCN(C)c1cc(Br)ccc1CO. The lowest BCUT2D eigenvalue weighted by molar-refractivity contribution is 0.282. The molecule has 3 nitrogen and oxygen atoms in total. The predicted octanol–water partition coefficient (Wildman–Crippen LogP) is 2.33. The Morgan fingerprint density at radius 3 is 2.47 bits per heavy atom. The first-order chi connectivity index (χ1) is 8.04. The van der Waals surface area contributed by atoms with Crippen LogP contribution in [0.3, 0.4) is 0 Å². The van der Waals surface area contributed by atoms with Crippen molar-refractivity contribution in [3.63, 3.8) is 0 Å². The fourth-order valence-corrected chi connectivity index (χ4v) is 2.12. The number of nitrogens with zero attached hydrogens (tertiary/aromatic N) is 2. The normalized spacial score (nSPS) is 10.9. The highest BCUT2D eigenvalue weighted by Crippen LogP contribution is 2.24. The molecule has 0 aliphatic heterocycles. The number of anilines is 1. The van der Waals surface area contributed by atoms with Gasteiger partial charge in [0.25, 0.3) is 0 Å². The van der Waals surface area contributed by atoms with Crippen LogP contribution in [-0.4, -0.2) is 44.2 Å². The highest BCUT2D eigenvalue weighted by Gasteiger charge is 2.07. The van der Waals surface area contributed by atoms with E-state index in [1.54, 1.807) is 0 Å². The number of benzene rings is 1. The molecule has 1 aromatic rings. The van der Waals surface area contributed by atoms with Crippen molar-refractivity contribution in [2.45, 2.75) is 13.0 Å². The molecule has 0 atom stereocenters. The second-order valence-corrected chi connectivity index (χ2v) is 5.43. The number of hydrogen-bond acceptors (Lipinski definition) is 3. The average Bonchev–Trinajstić information content (AvgIpc) is 2.28. The Kier molecular flexibility index (Phi) is 5.95. The molecule has 0 unspecified atom stereocenters. The molecular formula is C13H21BrN2O. The summed E-state index contributed by atoms with van der Waals surface area (Å²) < 4.78 is 1.05. The number of aliphatic hydroxyl groups is 1. The molecule has 0 aliphatic carbocycles. The Bertz CT molecular complexity index is 355. The summed E-state index contributed by atoms with van der Waals surface area (Å²) in [4.78, 5) is 4.38. The van der Waals surface area contributed by atoms with Crippen LogP contribution in [0.15, 0.2) is 22.7 Å². The highest BCUT2D eigenvalue weighted by molar-refractivity contribution is 9.10. The van der Waals surface area contributed by atoms with Crippen molar-refractivity contribution in [2.24, 2.45) is 0 Å². The first kappa shape index (κ1) is 14.5. The van der Waals surface area contributed by atoms with Crippen molar-refractivity contribution in [1.29, 1.82) is 0 Å². The minimum atomic E-state index is 0.0840. The van der Waals surface area contributed by atoms with E-state index >= 15 is 0 Å². The van der Waals surface area contributed by atoms with E-state index in [9.17, 15) is 5.11 Å². The smallest absolute Gasteiger partial charge is 0.0702 e. The van der Waals surface area contributed by atoms with Gasteiger partial charge in [-0.2, -0.15) is 0 Å². The van der Waals surface area contributed by atoms with E-state index < -0.39 is 0 Å². The molecular weight excluding hydrogens is 280 g/mol. The van der Waals surface area contributed by atoms with Gasteiger partial charge < -0.3 is 14.9 Å². The van der Waals surface area contributed by atoms with Gasteiger partial charge in [-0.15, -0.1) is 0 Å². The molecule has 0 spiro atoms. The van der Waals surface area contributed by atoms with E-state index in [1.807, 2.05) is 12.1 Å². The number of rotatable bonds is 6. The van der Waals surface area contributed by atoms with E-state index in [-0.39, 0.29) is 6.61 Å². The molecule has 0 radical (unpaired) electrons. The maximum atomic E-state index is 9.32. The Morgan fingerprint density at radius 1 is 1.18 bits per heavy atom. The Balaban J connectivity index is 2.66. The van der Waals surface area contributed by atoms with Gasteiger partial charge in [-0.3, -0.25) is 0 Å². The van der Waals surface area contributed by atoms with Gasteiger partial charge in [0.05, 0.1) is 6.61 Å². The molecule has 1 N–H and O–H groups in total. The lowest BCUT2D eigenvalue weighted by Crippen LogP contribution is -2.24. The van der Waals surface area contributed by atoms with E-state index in [4.69, 9.17) is 0 Å². The first-order valence-electron chi connectivity index (χ1n) is 5.79. The first-order valence-corrected chi connectivity index (χ1v) is 6.59. The molecule has 0 heterocycles. The molecule has 0 bridgehead atoms. The summed E-state index contributed by atoms with van der Waals surface area (Å²) in [6.45, 7) is 2.15. The summed E-state index contributed by atoms with van der Waals surface area (Å²) in [6.07, 6.45) is 1.11. The van der Waals surface area contributed by atoms with Crippen LogP contribution in [0.5, 0.6) is 0 Å². The lowest BCUT2D eigenvalue weighted by Gasteiger charge is -2.23. The third-order valence-electron chi connectivity index (χ3n) is 2.73. The molecule has 0 amide bonds. The molecule has 0 saturated carbocycles. The zero-order valence-corrected chi connectivity index (χ0v) is 12.4. The maximum Gasteiger partial charge on any atom is 0.0702 e. The highest BCUT2D eigenvalue weighted by atomic mass is 79.9. The third-order valence-corrected chi connectivity index (χ3v) is 3.22. The molecule has 1 aromatic carbocycles. The van der Waals surface area contributed by atoms with Crippen molar-refractivity contribution in [3.8, 4) is 0 Å². The van der Waals surface area contributed by atoms with Crippen LogP contribution in [0.4, 0.5) is 5.69 Å². The standard InChI is InChI=1S/C13H21BrN2O/c1-15(2)7-4-8-16(3)13-9-12(14)6-5-11(13)10-17/h5-6,9,17H,4,7-8,10H2,1-3H3. The fraction of sp³-hybridized carbons (Fsp3) is 0.538. The zero-order valence-electron chi connectivity index (χ0n) is 10.8. The second-order valence-electron chi connectivity index (χ2n) is 4.51. The van der Waals surface area contributed by atoms with E-state index in [0.717, 1.165) is 35.2 Å². The summed E-state index contributed by atoms with van der Waals surface area (Å²) in [5.41, 5.74) is 2.07. The van der Waals surface area contributed by atoms with Crippen LogP contribution in [0.25, 0.3) is 0 Å². The Hall–Kier alpha value is -0.580. The van der Waals surface area contributed by atoms with Gasteiger partial charge in [0.15, 0.2) is 0 Å². The minimum Gasteiger partial charge on any atom is -0.392 e. The Morgan fingerprint density at radius 2 is 1.88 bits per heavy atom. The molecule has 0 fully saturated rings. The van der Waals surface area contributed by atoms with Gasteiger partial charge in [-0.05, 0) is 39.2 Å². The molecule has 96 valence electrons. The van der Waals surface area contributed by atoms with Crippen LogP contribution < -0.4 is 4.90 Å². The van der Waals surface area contributed by atoms with Gasteiger partial charge in [0.2, 0.25) is 0 Å². The molecule has 17 heavy (non-hydrogen) atoms. The Labute approximate surface area is 112 Å². The van der Waals surface area contributed by atoms with Crippen LogP contribution in [0, 0.1) is 0 Å². The van der Waals surface area contributed by atoms with Crippen LogP contribution >= 0.6 is 15.9 Å². The van der Waals surface area contributed by atoms with Gasteiger partial charge in [-0.25, -0.2) is 0 Å². The number of aliphatic hydroxyl groups excluding tert-OH is 1. The largest absolute Gasteiger partial charge is 0.392 e. The van der Waals surface area contributed by atoms with E-state index in [1.165, 1.54) is 0 Å². The predicted molar refractivity (Wildman–Crippen MR) is 76.5 cm³/mol. The topological polar surface area (TPSA) is 26.7 Å². The zero-order chi connectivity index (χ0) is 12.8. The minimum absolute atomic E-state index is 0.0840. The molecule has 0 aromatic heterocycles. The summed E-state index contributed by atoms with van der Waals surface area (Å²) in [7, 11) is 6.23. The number of halogens is 1. The second kappa shape index (κ2) is 6.99. The van der Waals surface area contributed by atoms with Crippen molar-refractivity contribution in [2.75, 3.05) is 39.1 Å². The molecule has 1 rings (SSSR count). The van der Waals surface area contributed by atoms with Crippen LogP contribution in [0.2, 0.25) is 0 Å². The van der Waals surface area contributed by atoms with Crippen molar-refractivity contribution in [3.05, 3.63) is 28.2 Å². The third kappa shape index (κ3) is 4.66. The molecule has 0 aliphatic rings. The summed E-state index contributed by atoms with van der Waals surface area (Å²) >= 11 is 3.47. The molecule has 4 heteroatoms. The maximum absolute atomic E-state index is 9.32. The van der Waals surface area contributed by atoms with Crippen molar-refractivity contribution < 1.29 is 5.11 Å². The fourth-order valence-electron chi connectivity index (χ4n) is 1.77. The summed E-state index contributed by atoms with van der Waals surface area (Å²) in [5, 5.41) is 9.32.